The molecular weight excluding hydrogens is 340 g/mol. The van der Waals surface area contributed by atoms with Crippen LogP contribution in [0, 0.1) is 0 Å². The van der Waals surface area contributed by atoms with Gasteiger partial charge in [-0.3, -0.25) is 4.79 Å². The Morgan fingerprint density at radius 3 is 2.85 bits per heavy atom. The summed E-state index contributed by atoms with van der Waals surface area (Å²) < 4.78 is 5.85. The molecule has 0 radical (unpaired) electrons. The lowest BCUT2D eigenvalue weighted by Gasteiger charge is -2.27. The molecule has 0 spiro atoms. The van der Waals surface area contributed by atoms with E-state index >= 15 is 0 Å². The van der Waals surface area contributed by atoms with E-state index in [0.717, 1.165) is 34.6 Å². The van der Waals surface area contributed by atoms with E-state index < -0.39 is 5.54 Å². The fraction of sp³-hybridized carbons (Fsp3) is 0.571. The van der Waals surface area contributed by atoms with Crippen molar-refractivity contribution in [1.82, 2.24) is 10.3 Å². The highest BCUT2D eigenvalue weighted by Crippen LogP contribution is 2.21. The van der Waals surface area contributed by atoms with E-state index in [0.29, 0.717) is 0 Å². The zero-order valence-electron chi connectivity index (χ0n) is 12.1. The topological polar surface area (TPSA) is 51.2 Å². The highest BCUT2D eigenvalue weighted by atomic mass is 79.9. The molecule has 0 amide bonds. The van der Waals surface area contributed by atoms with E-state index in [9.17, 15) is 4.79 Å². The molecule has 0 aliphatic carbocycles. The van der Waals surface area contributed by atoms with Gasteiger partial charge in [-0.25, -0.2) is 4.98 Å². The molecule has 1 rings (SSSR count). The Labute approximate surface area is 133 Å². The third kappa shape index (κ3) is 5.42. The second-order valence-corrected chi connectivity index (χ2v) is 6.65. The number of carbonyl (C=O) groups excluding carboxylic acids is 1. The molecule has 0 bridgehead atoms. The average molecular weight is 361 g/mol. The summed E-state index contributed by atoms with van der Waals surface area (Å²) in [5.74, 6) is 0.721. The lowest BCUT2D eigenvalue weighted by molar-refractivity contribution is -0.148. The minimum atomic E-state index is -0.600. The summed E-state index contributed by atoms with van der Waals surface area (Å²) in [4.78, 5) is 16.1. The van der Waals surface area contributed by atoms with E-state index in [2.05, 4.69) is 26.2 Å². The van der Waals surface area contributed by atoms with Crippen molar-refractivity contribution in [2.24, 2.45) is 0 Å². The molecule has 0 saturated heterocycles. The minimum Gasteiger partial charge on any atom is -0.468 e. The number of esters is 1. The van der Waals surface area contributed by atoms with Gasteiger partial charge in [0.1, 0.15) is 5.54 Å². The smallest absolute Gasteiger partial charge is 0.325 e. The number of likely N-dealkylation sites (N-methyl/N-ethyl adjacent to an activating group) is 1. The van der Waals surface area contributed by atoms with Gasteiger partial charge in [-0.1, -0.05) is 6.92 Å². The Bertz CT molecular complexity index is 428. The van der Waals surface area contributed by atoms with Crippen molar-refractivity contribution in [3.05, 3.63) is 22.8 Å². The molecule has 112 valence electrons. The largest absolute Gasteiger partial charge is 0.468 e. The molecule has 1 unspecified atom stereocenters. The number of aromatic nitrogens is 1. The fourth-order valence-electron chi connectivity index (χ4n) is 1.93. The molecule has 1 aromatic heterocycles. The van der Waals surface area contributed by atoms with Crippen molar-refractivity contribution in [2.45, 2.75) is 37.3 Å². The molecule has 0 saturated carbocycles. The number of carbonyl (C=O) groups is 1. The van der Waals surface area contributed by atoms with Crippen LogP contribution in [-0.4, -0.2) is 35.9 Å². The molecule has 0 aliphatic rings. The zero-order chi connectivity index (χ0) is 15.0. The van der Waals surface area contributed by atoms with E-state index in [1.165, 1.54) is 7.11 Å². The zero-order valence-corrected chi connectivity index (χ0v) is 14.5. The number of halogens is 1. The predicted molar refractivity (Wildman–Crippen MR) is 86.0 cm³/mol. The molecule has 1 heterocycles. The van der Waals surface area contributed by atoms with Crippen LogP contribution >= 0.6 is 27.7 Å². The van der Waals surface area contributed by atoms with Gasteiger partial charge in [0.15, 0.2) is 0 Å². The molecule has 0 aliphatic heterocycles. The Kier molecular flexibility index (Phi) is 7.55. The lowest BCUT2D eigenvalue weighted by atomic mass is 9.96. The summed E-state index contributed by atoms with van der Waals surface area (Å²) >= 11 is 5.06. The van der Waals surface area contributed by atoms with Crippen molar-refractivity contribution in [3.8, 4) is 0 Å². The summed E-state index contributed by atoms with van der Waals surface area (Å²) in [5, 5.41) is 4.21. The molecule has 0 fully saturated rings. The van der Waals surface area contributed by atoms with Gasteiger partial charge in [-0.2, -0.15) is 0 Å². The van der Waals surface area contributed by atoms with Gasteiger partial charge in [0.2, 0.25) is 0 Å². The summed E-state index contributed by atoms with van der Waals surface area (Å²) in [6.45, 7) is 4.62. The maximum Gasteiger partial charge on any atom is 0.325 e. The number of methoxy groups -OCH3 is 1. The molecule has 1 atom stereocenters. The number of nitrogens with one attached hydrogen (secondary N) is 1. The van der Waals surface area contributed by atoms with E-state index in [1.54, 1.807) is 18.0 Å². The Morgan fingerprint density at radius 2 is 2.30 bits per heavy atom. The van der Waals surface area contributed by atoms with Gasteiger partial charge in [0.05, 0.1) is 12.1 Å². The molecule has 4 nitrogen and oxygen atoms in total. The quantitative estimate of drug-likeness (QED) is 0.438. The van der Waals surface area contributed by atoms with Crippen molar-refractivity contribution in [3.63, 3.8) is 0 Å². The highest BCUT2D eigenvalue weighted by molar-refractivity contribution is 9.10. The first-order chi connectivity index (χ1) is 9.51. The first-order valence-electron chi connectivity index (χ1n) is 6.59. The van der Waals surface area contributed by atoms with Crippen LogP contribution in [0.4, 0.5) is 0 Å². The molecule has 0 aromatic carbocycles. The number of nitrogens with zero attached hydrogens (tertiary/aromatic N) is 1. The monoisotopic (exact) mass is 360 g/mol. The molecule has 1 aromatic rings. The molecular formula is C14H21BrN2O2S. The van der Waals surface area contributed by atoms with Crippen LogP contribution in [0.3, 0.4) is 0 Å². The number of ether oxygens (including phenoxy) is 1. The summed E-state index contributed by atoms with van der Waals surface area (Å²) in [6, 6.07) is 3.96. The third-order valence-corrected chi connectivity index (χ3v) is 4.47. The second-order valence-electron chi connectivity index (χ2n) is 4.62. The summed E-state index contributed by atoms with van der Waals surface area (Å²) in [7, 11) is 1.43. The number of thioether (sulfide) groups is 1. The first-order valence-corrected chi connectivity index (χ1v) is 8.37. The van der Waals surface area contributed by atoms with Crippen molar-refractivity contribution in [2.75, 3.05) is 19.4 Å². The molecule has 20 heavy (non-hydrogen) atoms. The maximum atomic E-state index is 11.8. The Hall–Kier alpha value is -0.590. The van der Waals surface area contributed by atoms with Crippen LogP contribution in [0.5, 0.6) is 0 Å². The Balaban J connectivity index is 2.41. The predicted octanol–water partition coefficient (Wildman–Crippen LogP) is 3.26. The number of rotatable bonds is 8. The summed E-state index contributed by atoms with van der Waals surface area (Å²) in [5.41, 5.74) is -0.600. The average Bonchev–Trinajstić information content (AvgIpc) is 2.45. The molecule has 1 N–H and O–H groups in total. The van der Waals surface area contributed by atoms with Gasteiger partial charge >= 0.3 is 5.97 Å². The number of hydrogen-bond donors (Lipinski definition) is 1. The second kappa shape index (κ2) is 8.64. The SMILES string of the molecule is CCNC(C)(CCCSc1ccc(Br)cn1)C(=O)OC. The molecule has 6 heteroatoms. The van der Waals surface area contributed by atoms with Crippen LogP contribution in [-0.2, 0) is 9.53 Å². The number of pyridine rings is 1. The Morgan fingerprint density at radius 1 is 1.55 bits per heavy atom. The maximum absolute atomic E-state index is 11.8. The van der Waals surface area contributed by atoms with E-state index in [4.69, 9.17) is 4.74 Å². The van der Waals surface area contributed by atoms with Crippen LogP contribution in [0.25, 0.3) is 0 Å². The summed E-state index contributed by atoms with van der Waals surface area (Å²) in [6.07, 6.45) is 3.46. The van der Waals surface area contributed by atoms with Crippen LogP contribution in [0.2, 0.25) is 0 Å². The standard InChI is InChI=1S/C14H21BrN2O2S/c1-4-17-14(2,13(18)19-3)8-5-9-20-12-7-6-11(15)10-16-12/h6-7,10,17H,4-5,8-9H2,1-3H3. The highest BCUT2D eigenvalue weighted by Gasteiger charge is 2.32. The van der Waals surface area contributed by atoms with Crippen LogP contribution in [0.1, 0.15) is 26.7 Å². The van der Waals surface area contributed by atoms with Gasteiger partial charge in [-0.15, -0.1) is 11.8 Å². The number of hydrogen-bond acceptors (Lipinski definition) is 5. The lowest BCUT2D eigenvalue weighted by Crippen LogP contribution is -2.50. The van der Waals surface area contributed by atoms with Crippen LogP contribution in [0.15, 0.2) is 27.8 Å². The van der Waals surface area contributed by atoms with Gasteiger partial charge < -0.3 is 10.1 Å². The van der Waals surface area contributed by atoms with Crippen LogP contribution < -0.4 is 5.32 Å². The van der Waals surface area contributed by atoms with Crippen molar-refractivity contribution >= 4 is 33.7 Å². The fourth-order valence-corrected chi connectivity index (χ4v) is 2.95. The van der Waals surface area contributed by atoms with Gasteiger partial charge in [0.25, 0.3) is 0 Å². The van der Waals surface area contributed by atoms with Crippen molar-refractivity contribution < 1.29 is 9.53 Å². The van der Waals surface area contributed by atoms with Crippen molar-refractivity contribution in [1.29, 1.82) is 0 Å². The minimum absolute atomic E-state index is 0.203. The first kappa shape index (κ1) is 17.5. The van der Waals surface area contributed by atoms with Gasteiger partial charge in [0, 0.05) is 10.7 Å². The normalized spacial score (nSPS) is 13.8. The van der Waals surface area contributed by atoms with E-state index in [-0.39, 0.29) is 5.97 Å². The van der Waals surface area contributed by atoms with Gasteiger partial charge in [-0.05, 0) is 60.1 Å². The van der Waals surface area contributed by atoms with E-state index in [1.807, 2.05) is 26.0 Å². The third-order valence-electron chi connectivity index (χ3n) is 2.97.